The van der Waals surface area contributed by atoms with Gasteiger partial charge in [0.1, 0.15) is 0 Å². The standard InChI is InChI=1S/C19H29N3O3S.ClH/c1-14-10-15(2)12-22(11-14)26(24,25)18-6-4-17(5-7-18)19(23)21-9-8-20-16(3)13-21;/h4-7,14-16,20H,8-13H2,1-3H3;1H. The minimum atomic E-state index is -3.51. The van der Waals surface area contributed by atoms with Crippen molar-refractivity contribution in [3.8, 4) is 0 Å². The molecule has 0 aliphatic carbocycles. The summed E-state index contributed by atoms with van der Waals surface area (Å²) >= 11 is 0. The van der Waals surface area contributed by atoms with Crippen LogP contribution in [0.2, 0.25) is 0 Å². The molecule has 3 rings (SSSR count). The van der Waals surface area contributed by atoms with Gasteiger partial charge < -0.3 is 10.2 Å². The number of carbonyl (C=O) groups excluding carboxylic acids is 1. The van der Waals surface area contributed by atoms with Crippen molar-refractivity contribution < 1.29 is 13.2 Å². The van der Waals surface area contributed by atoms with Gasteiger partial charge in [0.15, 0.2) is 0 Å². The zero-order chi connectivity index (χ0) is 18.9. The number of halogens is 1. The van der Waals surface area contributed by atoms with Gasteiger partial charge in [-0.15, -0.1) is 12.4 Å². The Kier molecular flexibility index (Phi) is 7.30. The second kappa shape index (κ2) is 8.90. The lowest BCUT2D eigenvalue weighted by atomic mass is 9.94. The molecule has 27 heavy (non-hydrogen) atoms. The fourth-order valence-corrected chi connectivity index (χ4v) is 5.70. The number of carbonyl (C=O) groups is 1. The summed E-state index contributed by atoms with van der Waals surface area (Å²) in [7, 11) is -3.51. The van der Waals surface area contributed by atoms with E-state index < -0.39 is 10.0 Å². The van der Waals surface area contributed by atoms with Crippen molar-refractivity contribution in [2.24, 2.45) is 11.8 Å². The molecule has 152 valence electrons. The Labute approximate surface area is 168 Å². The van der Waals surface area contributed by atoms with E-state index in [0.29, 0.717) is 43.6 Å². The van der Waals surface area contributed by atoms with E-state index in [4.69, 9.17) is 0 Å². The number of hydrogen-bond acceptors (Lipinski definition) is 4. The van der Waals surface area contributed by atoms with Crippen LogP contribution >= 0.6 is 12.4 Å². The molecular formula is C19H30ClN3O3S. The van der Waals surface area contributed by atoms with Crippen molar-refractivity contribution in [3.05, 3.63) is 29.8 Å². The largest absolute Gasteiger partial charge is 0.336 e. The molecule has 0 aromatic heterocycles. The highest BCUT2D eigenvalue weighted by molar-refractivity contribution is 7.89. The summed E-state index contributed by atoms with van der Waals surface area (Å²) in [5.74, 6) is 0.690. The third-order valence-corrected chi connectivity index (χ3v) is 7.08. The molecule has 2 heterocycles. The van der Waals surface area contributed by atoms with Gasteiger partial charge in [-0.2, -0.15) is 4.31 Å². The lowest BCUT2D eigenvalue weighted by molar-refractivity contribution is 0.0709. The number of hydrogen-bond donors (Lipinski definition) is 1. The number of benzene rings is 1. The Morgan fingerprint density at radius 3 is 2.19 bits per heavy atom. The number of piperazine rings is 1. The van der Waals surface area contributed by atoms with E-state index in [2.05, 4.69) is 26.1 Å². The van der Waals surface area contributed by atoms with Gasteiger partial charge in [-0.1, -0.05) is 13.8 Å². The van der Waals surface area contributed by atoms with Crippen molar-refractivity contribution in [2.75, 3.05) is 32.7 Å². The monoisotopic (exact) mass is 415 g/mol. The minimum Gasteiger partial charge on any atom is -0.336 e. The molecule has 0 bridgehead atoms. The number of sulfonamides is 1. The molecule has 0 saturated carbocycles. The average molecular weight is 416 g/mol. The van der Waals surface area contributed by atoms with Crippen LogP contribution in [0.1, 0.15) is 37.6 Å². The molecule has 0 spiro atoms. The number of rotatable bonds is 3. The first-order chi connectivity index (χ1) is 12.3. The van der Waals surface area contributed by atoms with E-state index in [-0.39, 0.29) is 29.3 Å². The topological polar surface area (TPSA) is 69.7 Å². The lowest BCUT2D eigenvalue weighted by Crippen LogP contribution is -2.51. The van der Waals surface area contributed by atoms with Crippen LogP contribution in [0.15, 0.2) is 29.2 Å². The Morgan fingerprint density at radius 2 is 1.63 bits per heavy atom. The Morgan fingerprint density at radius 1 is 1.04 bits per heavy atom. The van der Waals surface area contributed by atoms with Gasteiger partial charge in [0, 0.05) is 44.3 Å². The highest BCUT2D eigenvalue weighted by Gasteiger charge is 2.32. The van der Waals surface area contributed by atoms with E-state index in [1.165, 1.54) is 0 Å². The van der Waals surface area contributed by atoms with Crippen LogP contribution < -0.4 is 5.32 Å². The molecule has 1 amide bonds. The maximum absolute atomic E-state index is 12.9. The summed E-state index contributed by atoms with van der Waals surface area (Å²) < 4.78 is 27.4. The van der Waals surface area contributed by atoms with Crippen molar-refractivity contribution >= 4 is 28.3 Å². The van der Waals surface area contributed by atoms with Crippen LogP contribution in [0.5, 0.6) is 0 Å². The molecule has 3 unspecified atom stereocenters. The van der Waals surface area contributed by atoms with Gasteiger partial charge in [-0.05, 0) is 49.4 Å². The first kappa shape index (κ1) is 22.1. The first-order valence-electron chi connectivity index (χ1n) is 9.40. The maximum Gasteiger partial charge on any atom is 0.253 e. The van der Waals surface area contributed by atoms with Crippen LogP contribution in [0, 0.1) is 11.8 Å². The first-order valence-corrected chi connectivity index (χ1v) is 10.8. The van der Waals surface area contributed by atoms with E-state index >= 15 is 0 Å². The highest BCUT2D eigenvalue weighted by Crippen LogP contribution is 2.26. The Balaban J connectivity index is 0.00000261. The van der Waals surface area contributed by atoms with Crippen LogP contribution in [-0.2, 0) is 10.0 Å². The van der Waals surface area contributed by atoms with Gasteiger partial charge >= 0.3 is 0 Å². The third kappa shape index (κ3) is 5.02. The normalized spacial score (nSPS) is 27.1. The van der Waals surface area contributed by atoms with E-state index in [1.54, 1.807) is 28.6 Å². The predicted molar refractivity (Wildman–Crippen MR) is 109 cm³/mol. The molecule has 1 aromatic rings. The zero-order valence-corrected chi connectivity index (χ0v) is 17.9. The third-order valence-electron chi connectivity index (χ3n) is 5.23. The van der Waals surface area contributed by atoms with Crippen molar-refractivity contribution in [2.45, 2.75) is 38.1 Å². The van der Waals surface area contributed by atoms with Crippen molar-refractivity contribution in [1.29, 1.82) is 0 Å². The van der Waals surface area contributed by atoms with Crippen LogP contribution in [0.3, 0.4) is 0 Å². The SMILES string of the molecule is CC1CC(C)CN(S(=O)(=O)c2ccc(C(=O)N3CCNC(C)C3)cc2)C1.Cl. The molecule has 2 saturated heterocycles. The van der Waals surface area contributed by atoms with Gasteiger partial charge in [0.05, 0.1) is 4.90 Å². The Bertz CT molecular complexity index is 744. The van der Waals surface area contributed by atoms with Crippen molar-refractivity contribution in [3.63, 3.8) is 0 Å². The Hall–Kier alpha value is -1.15. The fourth-order valence-electron chi connectivity index (χ4n) is 4.02. The average Bonchev–Trinajstić information content (AvgIpc) is 2.60. The van der Waals surface area contributed by atoms with Gasteiger partial charge in [0.2, 0.25) is 10.0 Å². The molecule has 8 heteroatoms. The summed E-state index contributed by atoms with van der Waals surface area (Å²) in [5, 5.41) is 3.31. The minimum absolute atomic E-state index is 0. The number of nitrogens with zero attached hydrogens (tertiary/aromatic N) is 2. The van der Waals surface area contributed by atoms with Crippen LogP contribution in [-0.4, -0.2) is 62.3 Å². The lowest BCUT2D eigenvalue weighted by Gasteiger charge is -2.34. The molecule has 2 aliphatic heterocycles. The van der Waals surface area contributed by atoms with E-state index in [9.17, 15) is 13.2 Å². The molecule has 6 nitrogen and oxygen atoms in total. The second-order valence-corrected chi connectivity index (χ2v) is 9.84. The van der Waals surface area contributed by atoms with Gasteiger partial charge in [-0.25, -0.2) is 8.42 Å². The van der Waals surface area contributed by atoms with Gasteiger partial charge in [0.25, 0.3) is 5.91 Å². The van der Waals surface area contributed by atoms with E-state index in [0.717, 1.165) is 13.0 Å². The highest BCUT2D eigenvalue weighted by atomic mass is 35.5. The maximum atomic E-state index is 12.9. The summed E-state index contributed by atoms with van der Waals surface area (Å²) in [4.78, 5) is 14.7. The molecule has 1 aromatic carbocycles. The van der Waals surface area contributed by atoms with Crippen molar-refractivity contribution in [1.82, 2.24) is 14.5 Å². The number of piperidine rings is 1. The van der Waals surface area contributed by atoms with Crippen LogP contribution in [0.25, 0.3) is 0 Å². The predicted octanol–water partition coefficient (Wildman–Crippen LogP) is 2.21. The smallest absolute Gasteiger partial charge is 0.253 e. The number of nitrogens with one attached hydrogen (secondary N) is 1. The second-order valence-electron chi connectivity index (χ2n) is 7.90. The zero-order valence-electron chi connectivity index (χ0n) is 16.2. The summed E-state index contributed by atoms with van der Waals surface area (Å²) in [6.45, 7) is 9.48. The summed E-state index contributed by atoms with van der Waals surface area (Å²) in [6, 6.07) is 6.68. The molecule has 2 fully saturated rings. The van der Waals surface area contributed by atoms with Gasteiger partial charge in [-0.3, -0.25) is 4.79 Å². The molecule has 0 radical (unpaired) electrons. The molecule has 3 atom stereocenters. The number of amides is 1. The molecule has 1 N–H and O–H groups in total. The quantitative estimate of drug-likeness (QED) is 0.821. The van der Waals surface area contributed by atoms with Crippen LogP contribution in [0.4, 0.5) is 0 Å². The molecule has 2 aliphatic rings. The summed E-state index contributed by atoms with van der Waals surface area (Å²) in [6.07, 6.45) is 1.06. The fraction of sp³-hybridized carbons (Fsp3) is 0.632. The molecular weight excluding hydrogens is 386 g/mol. The van der Waals surface area contributed by atoms with E-state index in [1.807, 2.05) is 4.90 Å². The summed E-state index contributed by atoms with van der Waals surface area (Å²) in [5.41, 5.74) is 0.540.